The molecule has 0 radical (unpaired) electrons. The number of nitro groups is 1. The number of thiophene rings is 1. The average Bonchev–Trinajstić information content (AvgIpc) is 2.79. The van der Waals surface area contributed by atoms with E-state index < -0.39 is 4.92 Å². The van der Waals surface area contributed by atoms with Crippen molar-refractivity contribution < 1.29 is 9.72 Å². The minimum absolute atomic E-state index is 0.00482. The van der Waals surface area contributed by atoms with E-state index in [4.69, 9.17) is 5.26 Å². The minimum Gasteiger partial charge on any atom is -0.313 e. The summed E-state index contributed by atoms with van der Waals surface area (Å²) < 4.78 is 0. The zero-order valence-corrected chi connectivity index (χ0v) is 13.3. The normalized spacial score (nSPS) is 10.5. The Kier molecular flexibility index (Phi) is 4.88. The van der Waals surface area contributed by atoms with Crippen LogP contribution in [-0.4, -0.2) is 10.8 Å². The van der Waals surface area contributed by atoms with E-state index in [0.717, 1.165) is 10.4 Å². The third-order valence-corrected chi connectivity index (χ3v) is 4.39. The number of non-ortho nitro benzene ring substituents is 1. The van der Waals surface area contributed by atoms with Crippen molar-refractivity contribution in [2.24, 2.45) is 0 Å². The molecular weight excluding hydrogens is 314 g/mol. The molecule has 2 aromatic rings. The number of nitriles is 1. The smallest absolute Gasteiger partial charge is 0.269 e. The van der Waals surface area contributed by atoms with Crippen LogP contribution in [0, 0.1) is 35.3 Å². The van der Waals surface area contributed by atoms with E-state index in [1.165, 1.54) is 29.5 Å². The number of hydrogen-bond donors (Lipinski definition) is 1. The van der Waals surface area contributed by atoms with Gasteiger partial charge in [-0.3, -0.25) is 14.9 Å². The molecule has 0 fully saturated rings. The predicted octanol–water partition coefficient (Wildman–Crippen LogP) is 3.80. The quantitative estimate of drug-likeness (QED) is 0.525. The van der Waals surface area contributed by atoms with E-state index in [1.807, 2.05) is 13.8 Å². The van der Waals surface area contributed by atoms with Crippen LogP contribution >= 0.6 is 11.3 Å². The van der Waals surface area contributed by atoms with Crippen LogP contribution < -0.4 is 5.32 Å². The molecule has 0 saturated heterocycles. The second kappa shape index (κ2) is 6.85. The maximum absolute atomic E-state index is 11.9. The first kappa shape index (κ1) is 16.4. The molecule has 0 unspecified atom stereocenters. The lowest BCUT2D eigenvalue weighted by atomic mass is 10.2. The largest absolute Gasteiger partial charge is 0.313 e. The summed E-state index contributed by atoms with van der Waals surface area (Å²) in [5.41, 5.74) is 2.01. The van der Waals surface area contributed by atoms with Crippen LogP contribution in [0.1, 0.15) is 21.6 Å². The van der Waals surface area contributed by atoms with Crippen molar-refractivity contribution in [3.05, 3.63) is 62.0 Å². The van der Waals surface area contributed by atoms with Gasteiger partial charge in [-0.15, -0.1) is 11.3 Å². The molecule has 0 bridgehead atoms. The van der Waals surface area contributed by atoms with Crippen LogP contribution in [0.15, 0.2) is 30.3 Å². The maximum atomic E-state index is 11.9. The van der Waals surface area contributed by atoms with Crippen LogP contribution in [0.4, 0.5) is 10.7 Å². The van der Waals surface area contributed by atoms with Crippen molar-refractivity contribution in [2.45, 2.75) is 13.8 Å². The predicted molar refractivity (Wildman–Crippen MR) is 89.3 cm³/mol. The molecule has 0 aliphatic rings. The zero-order chi connectivity index (χ0) is 17.0. The second-order valence-electron chi connectivity index (χ2n) is 4.77. The molecular formula is C16H13N3O3S. The molecule has 7 heteroatoms. The number of anilines is 1. The Balaban J connectivity index is 2.09. The molecule has 1 heterocycles. The molecule has 0 saturated carbocycles. The molecule has 23 heavy (non-hydrogen) atoms. The van der Waals surface area contributed by atoms with E-state index in [-0.39, 0.29) is 11.6 Å². The van der Waals surface area contributed by atoms with Crippen LogP contribution in [0.25, 0.3) is 6.08 Å². The highest BCUT2D eigenvalue weighted by Crippen LogP contribution is 2.31. The molecule has 0 aliphatic carbocycles. The Morgan fingerprint density at radius 1 is 1.35 bits per heavy atom. The summed E-state index contributed by atoms with van der Waals surface area (Å²) in [6.07, 6.45) is 2.88. The van der Waals surface area contributed by atoms with Crippen molar-refractivity contribution in [1.29, 1.82) is 5.26 Å². The number of amides is 1. The maximum Gasteiger partial charge on any atom is 0.269 e. The molecule has 1 N–H and O–H groups in total. The van der Waals surface area contributed by atoms with Gasteiger partial charge >= 0.3 is 0 Å². The topological polar surface area (TPSA) is 96.0 Å². The highest BCUT2D eigenvalue weighted by atomic mass is 32.1. The molecule has 116 valence electrons. The lowest BCUT2D eigenvalue weighted by Gasteiger charge is -1.99. The van der Waals surface area contributed by atoms with E-state index in [1.54, 1.807) is 18.2 Å². The molecule has 1 amide bonds. The molecule has 0 spiro atoms. The van der Waals surface area contributed by atoms with E-state index in [0.29, 0.717) is 16.1 Å². The monoisotopic (exact) mass is 327 g/mol. The molecule has 0 aliphatic heterocycles. The van der Waals surface area contributed by atoms with E-state index >= 15 is 0 Å². The Labute approximate surface area is 136 Å². The van der Waals surface area contributed by atoms with Crippen molar-refractivity contribution >= 4 is 34.0 Å². The van der Waals surface area contributed by atoms with E-state index in [2.05, 4.69) is 11.4 Å². The van der Waals surface area contributed by atoms with Crippen LogP contribution in [-0.2, 0) is 4.79 Å². The zero-order valence-electron chi connectivity index (χ0n) is 12.5. The second-order valence-corrected chi connectivity index (χ2v) is 6.00. The third kappa shape index (κ3) is 3.81. The lowest BCUT2D eigenvalue weighted by molar-refractivity contribution is -0.384. The highest BCUT2D eigenvalue weighted by molar-refractivity contribution is 7.16. The van der Waals surface area contributed by atoms with Gasteiger partial charge in [0.1, 0.15) is 11.1 Å². The van der Waals surface area contributed by atoms with Gasteiger partial charge < -0.3 is 5.32 Å². The van der Waals surface area contributed by atoms with Gasteiger partial charge in [-0.25, -0.2) is 0 Å². The van der Waals surface area contributed by atoms with Crippen LogP contribution in [0.5, 0.6) is 0 Å². The summed E-state index contributed by atoms with van der Waals surface area (Å²) in [4.78, 5) is 23.0. The molecule has 6 nitrogen and oxygen atoms in total. The molecule has 1 aromatic heterocycles. The number of carbonyl (C=O) groups is 1. The summed E-state index contributed by atoms with van der Waals surface area (Å²) in [5, 5.41) is 22.9. The number of nitro benzene ring substituents is 1. The average molecular weight is 327 g/mol. The van der Waals surface area contributed by atoms with Gasteiger partial charge in [0.25, 0.3) is 5.69 Å². The standard InChI is InChI=1S/C16H13N3O3S/c1-10-11(2)23-16(14(10)9-17)18-15(20)8-5-12-3-6-13(7-4-12)19(21)22/h3-8H,1-2H3,(H,18,20). The lowest BCUT2D eigenvalue weighted by Crippen LogP contribution is -2.07. The summed E-state index contributed by atoms with van der Waals surface area (Å²) in [5.74, 6) is -0.360. The highest BCUT2D eigenvalue weighted by Gasteiger charge is 2.13. The van der Waals surface area contributed by atoms with Gasteiger partial charge in [0, 0.05) is 23.1 Å². The fourth-order valence-electron chi connectivity index (χ4n) is 1.88. The number of nitrogens with zero attached hydrogens (tertiary/aromatic N) is 2. The number of carbonyl (C=O) groups excluding carboxylic acids is 1. The minimum atomic E-state index is -0.481. The molecule has 2 rings (SSSR count). The third-order valence-electron chi connectivity index (χ3n) is 3.26. The van der Waals surface area contributed by atoms with Gasteiger partial charge in [0.05, 0.1) is 10.5 Å². The summed E-state index contributed by atoms with van der Waals surface area (Å²) in [6, 6.07) is 7.95. The number of hydrogen-bond acceptors (Lipinski definition) is 5. The van der Waals surface area contributed by atoms with Crippen molar-refractivity contribution in [3.8, 4) is 6.07 Å². The summed E-state index contributed by atoms with van der Waals surface area (Å²) in [6.45, 7) is 3.73. The van der Waals surface area contributed by atoms with Gasteiger partial charge in [0.2, 0.25) is 5.91 Å². The number of nitrogens with one attached hydrogen (secondary N) is 1. The fraction of sp³-hybridized carbons (Fsp3) is 0.125. The van der Waals surface area contributed by atoms with Crippen molar-refractivity contribution in [1.82, 2.24) is 0 Å². The Morgan fingerprint density at radius 3 is 2.57 bits per heavy atom. The van der Waals surface area contributed by atoms with Gasteiger partial charge in [-0.05, 0) is 43.2 Å². The van der Waals surface area contributed by atoms with Gasteiger partial charge in [0.15, 0.2) is 0 Å². The number of aryl methyl sites for hydroxylation is 1. The van der Waals surface area contributed by atoms with Crippen LogP contribution in [0.2, 0.25) is 0 Å². The van der Waals surface area contributed by atoms with Crippen molar-refractivity contribution in [3.63, 3.8) is 0 Å². The first-order valence-corrected chi connectivity index (χ1v) is 7.47. The van der Waals surface area contributed by atoms with E-state index in [9.17, 15) is 14.9 Å². The fourth-order valence-corrected chi connectivity index (χ4v) is 2.90. The van der Waals surface area contributed by atoms with Gasteiger partial charge in [-0.1, -0.05) is 0 Å². The Morgan fingerprint density at radius 2 is 2.00 bits per heavy atom. The first-order chi connectivity index (χ1) is 10.9. The molecule has 0 atom stereocenters. The summed E-state index contributed by atoms with van der Waals surface area (Å²) >= 11 is 1.36. The Hall–Kier alpha value is -2.98. The van der Waals surface area contributed by atoms with Crippen molar-refractivity contribution in [2.75, 3.05) is 5.32 Å². The van der Waals surface area contributed by atoms with Crippen LogP contribution in [0.3, 0.4) is 0 Å². The Bertz CT molecular complexity index is 829. The number of benzene rings is 1. The van der Waals surface area contributed by atoms with Gasteiger partial charge in [-0.2, -0.15) is 5.26 Å². The SMILES string of the molecule is Cc1sc(NC(=O)C=Cc2ccc([N+](=O)[O-])cc2)c(C#N)c1C. The molecule has 1 aromatic carbocycles. The summed E-state index contributed by atoms with van der Waals surface area (Å²) in [7, 11) is 0. The first-order valence-electron chi connectivity index (χ1n) is 6.66. The number of rotatable bonds is 4.